The van der Waals surface area contributed by atoms with E-state index in [1.165, 1.54) is 49.7 Å². The molecular formula is C87H91Cl3F2N6O11S2. The van der Waals surface area contributed by atoms with Crippen molar-refractivity contribution in [1.82, 2.24) is 24.0 Å². The number of halogens is 5. The van der Waals surface area contributed by atoms with Gasteiger partial charge in [-0.1, -0.05) is 132 Å². The minimum atomic E-state index is -3.59. The molecule has 0 spiro atoms. The van der Waals surface area contributed by atoms with E-state index in [-0.39, 0.29) is 34.3 Å². The van der Waals surface area contributed by atoms with Crippen molar-refractivity contribution in [2.45, 2.75) is 56.9 Å². The highest BCUT2D eigenvalue weighted by Crippen LogP contribution is 2.35. The van der Waals surface area contributed by atoms with Gasteiger partial charge in [-0.05, 0) is 212 Å². The lowest BCUT2D eigenvalue weighted by atomic mass is 9.97. The Hall–Kier alpha value is -9.56. The van der Waals surface area contributed by atoms with Crippen LogP contribution in [0.3, 0.4) is 0 Å². The summed E-state index contributed by atoms with van der Waals surface area (Å²) < 4.78 is 80.0. The van der Waals surface area contributed by atoms with E-state index in [0.717, 1.165) is 99.7 Å². The zero-order valence-electron chi connectivity index (χ0n) is 63.8. The standard InChI is InChI=1S/C19H22ClNO4S.C17H15ClN2OS.C17H18ClNO2.2C17H18FNO2/c1-25-13-15-12-18(26(23,24)21-10-8-17(22)9-11-21)6-7-19(15)14-2-4-16(20)5-3-14;1-21-9-13-8-12(16-10-22-17(19)20-16)4-7-15(13)11-2-5-14(18)6-3-11;1-19(2)17(20)13-4-5-14(11-21-3)16(10-13)12-6-8-15(18)9-7-12;1-19(2)17(20)13-6-9-16(14(10-13)11-21-3)12-4-7-15(18)8-5-12;1-19(2)17(20)13-7-8-16(14(9-13)11-21-3)12-5-4-6-15(18)10-12/h2-7,12,17,22H,8-11,13H2,1H3;2-8,10H,9H2,1H3,(H2,19,20);3*4-10H,11H2,1-3H3. The van der Waals surface area contributed by atoms with E-state index in [1.807, 2.05) is 115 Å². The fourth-order valence-electron chi connectivity index (χ4n) is 12.0. The molecule has 0 aliphatic carbocycles. The SMILES string of the molecule is COCc1cc(-c2csc(N)n2)ccc1-c1ccc(Cl)cc1.COCc1cc(C(=O)N(C)C)ccc1-c1ccc(F)cc1.COCc1cc(C(=O)N(C)C)ccc1-c1cccc(F)c1.COCc1cc(S(=O)(=O)N2CCC(O)CC2)ccc1-c1ccc(Cl)cc1.COCc1ccc(C(=O)N(C)C)cc1-c1ccc(Cl)cc1. The Bertz CT molecular complexity index is 5030. The Labute approximate surface area is 668 Å². The molecule has 0 atom stereocenters. The predicted octanol–water partition coefficient (Wildman–Crippen LogP) is 18.7. The van der Waals surface area contributed by atoms with Gasteiger partial charge < -0.3 is 49.2 Å². The van der Waals surface area contributed by atoms with Gasteiger partial charge in [0, 0.05) is 134 Å². The maximum atomic E-state index is 13.4. The van der Waals surface area contributed by atoms with Crippen molar-refractivity contribution in [3.05, 3.63) is 289 Å². The number of aliphatic hydroxyl groups is 1. The van der Waals surface area contributed by atoms with Crippen LogP contribution in [-0.4, -0.2) is 152 Å². The number of thiazole rings is 1. The molecule has 1 fully saturated rings. The highest BCUT2D eigenvalue weighted by Gasteiger charge is 2.30. The van der Waals surface area contributed by atoms with Crippen molar-refractivity contribution in [2.75, 3.05) is 96.7 Å². The molecule has 0 radical (unpaired) electrons. The number of rotatable bonds is 21. The van der Waals surface area contributed by atoms with Gasteiger partial charge in [0.05, 0.1) is 49.7 Å². The highest BCUT2D eigenvalue weighted by molar-refractivity contribution is 7.89. The first-order valence-corrected chi connectivity index (χ1v) is 38.6. The smallest absolute Gasteiger partial charge is 0.253 e. The van der Waals surface area contributed by atoms with Crippen LogP contribution in [0, 0.1) is 11.6 Å². The first-order valence-electron chi connectivity index (χ1n) is 35.1. The van der Waals surface area contributed by atoms with E-state index in [0.29, 0.717) is 90.8 Å². The Morgan fingerprint density at radius 2 is 0.820 bits per heavy atom. The maximum Gasteiger partial charge on any atom is 0.253 e. The number of piperidine rings is 1. The molecule has 3 N–H and O–H groups in total. The lowest BCUT2D eigenvalue weighted by molar-refractivity contribution is 0.0820. The molecular weight excluding hydrogens is 1510 g/mol. The number of aromatic nitrogens is 1. The molecule has 0 bridgehead atoms. The summed E-state index contributed by atoms with van der Waals surface area (Å²) >= 11 is 19.3. The van der Waals surface area contributed by atoms with Crippen molar-refractivity contribution in [3.63, 3.8) is 0 Å². The molecule has 1 aromatic heterocycles. The van der Waals surface area contributed by atoms with Crippen molar-refractivity contribution in [1.29, 1.82) is 0 Å². The number of ether oxygens (including phenoxy) is 5. The van der Waals surface area contributed by atoms with E-state index < -0.39 is 16.1 Å². The Kier molecular flexibility index (Phi) is 33.1. The van der Waals surface area contributed by atoms with Gasteiger partial charge in [0.25, 0.3) is 17.7 Å². The zero-order valence-corrected chi connectivity index (χ0v) is 67.7. The largest absolute Gasteiger partial charge is 0.393 e. The molecule has 2 heterocycles. The van der Waals surface area contributed by atoms with Crippen molar-refractivity contribution < 1.29 is 60.4 Å². The predicted molar refractivity (Wildman–Crippen MR) is 441 cm³/mol. The number of carbonyl (C=O) groups excluding carboxylic acids is 3. The number of nitrogens with two attached hydrogens (primary N) is 1. The van der Waals surface area contributed by atoms with Crippen molar-refractivity contribution in [3.8, 4) is 66.9 Å². The van der Waals surface area contributed by atoms with Gasteiger partial charge >= 0.3 is 0 Å². The normalized spacial score (nSPS) is 12.0. The van der Waals surface area contributed by atoms with Gasteiger partial charge in [-0.3, -0.25) is 14.4 Å². The summed E-state index contributed by atoms with van der Waals surface area (Å²) in [6.07, 6.45) is 0.512. The van der Waals surface area contributed by atoms with Crippen LogP contribution in [-0.2, 0) is 66.7 Å². The van der Waals surface area contributed by atoms with E-state index >= 15 is 0 Å². The molecule has 11 aromatic rings. The summed E-state index contributed by atoms with van der Waals surface area (Å²) in [7, 11) is 14.9. The molecule has 17 nitrogen and oxygen atoms in total. The van der Waals surface area contributed by atoms with Gasteiger partial charge in [-0.2, -0.15) is 4.31 Å². The Balaban J connectivity index is 0.000000175. The van der Waals surface area contributed by atoms with Crippen LogP contribution in [0.1, 0.15) is 71.7 Å². The minimum absolute atomic E-state index is 0.0193. The molecule has 0 unspecified atom stereocenters. The monoisotopic (exact) mass is 1600 g/mol. The third kappa shape index (κ3) is 24.5. The number of methoxy groups -OCH3 is 5. The highest BCUT2D eigenvalue weighted by atomic mass is 35.5. The number of benzene rings is 10. The average Bonchev–Trinajstić information content (AvgIpc) is 1.54. The summed E-state index contributed by atoms with van der Waals surface area (Å²) in [6.45, 7) is 2.76. The molecule has 10 aromatic carbocycles. The van der Waals surface area contributed by atoms with E-state index in [9.17, 15) is 36.7 Å². The molecule has 1 aliphatic heterocycles. The number of carbonyl (C=O) groups is 3. The fraction of sp³-hybridized carbons (Fsp3) is 0.241. The summed E-state index contributed by atoms with van der Waals surface area (Å²) in [5.74, 6) is -0.707. The van der Waals surface area contributed by atoms with Crippen molar-refractivity contribution >= 4 is 79.0 Å². The number of amides is 3. The van der Waals surface area contributed by atoms with Crippen LogP contribution >= 0.6 is 46.1 Å². The second-order valence-electron chi connectivity index (χ2n) is 26.3. The molecule has 1 aliphatic rings. The van der Waals surface area contributed by atoms with Crippen molar-refractivity contribution in [2.24, 2.45) is 0 Å². The van der Waals surface area contributed by atoms with Gasteiger partial charge in [-0.15, -0.1) is 11.3 Å². The second kappa shape index (κ2) is 42.2. The quantitative estimate of drug-likeness (QED) is 0.0688. The Morgan fingerprint density at radius 3 is 1.24 bits per heavy atom. The van der Waals surface area contributed by atoms with Crippen LogP contribution in [0.5, 0.6) is 0 Å². The molecule has 582 valence electrons. The number of anilines is 1. The van der Waals surface area contributed by atoms with Crippen LogP contribution in [0.2, 0.25) is 15.1 Å². The molecule has 24 heteroatoms. The van der Waals surface area contributed by atoms with Crippen LogP contribution in [0.15, 0.2) is 223 Å². The first kappa shape index (κ1) is 87.0. The number of hydrogen-bond donors (Lipinski definition) is 2. The lowest BCUT2D eigenvalue weighted by Crippen LogP contribution is -2.40. The lowest BCUT2D eigenvalue weighted by Gasteiger charge is -2.29. The van der Waals surface area contributed by atoms with E-state index in [4.69, 9.17) is 64.2 Å². The van der Waals surface area contributed by atoms with Gasteiger partial charge in [0.15, 0.2) is 5.13 Å². The number of sulfonamides is 1. The minimum Gasteiger partial charge on any atom is -0.393 e. The summed E-state index contributed by atoms with van der Waals surface area (Å²) in [5, 5.41) is 14.2. The number of nitrogen functional groups attached to an aromatic ring is 1. The van der Waals surface area contributed by atoms with Gasteiger partial charge in [0.1, 0.15) is 11.6 Å². The van der Waals surface area contributed by atoms with Crippen LogP contribution < -0.4 is 5.73 Å². The molecule has 1 saturated heterocycles. The number of hydrogen-bond acceptors (Lipinski definition) is 14. The molecule has 111 heavy (non-hydrogen) atoms. The van der Waals surface area contributed by atoms with E-state index in [2.05, 4.69) is 23.2 Å². The van der Waals surface area contributed by atoms with Crippen LogP contribution in [0.4, 0.5) is 13.9 Å². The number of aliphatic hydroxyl groups excluding tert-OH is 1. The van der Waals surface area contributed by atoms with E-state index in [1.54, 1.807) is 143 Å². The first-order chi connectivity index (χ1) is 53.2. The second-order valence-corrected chi connectivity index (χ2v) is 30.5. The van der Waals surface area contributed by atoms with Gasteiger partial charge in [0.2, 0.25) is 10.0 Å². The summed E-state index contributed by atoms with van der Waals surface area (Å²) in [4.78, 5) is 45.4. The third-order valence-corrected chi connectivity index (χ3v) is 20.9. The topological polar surface area (TPSA) is 204 Å². The molecule has 3 amide bonds. The fourth-order valence-corrected chi connectivity index (χ4v) is 14.5. The van der Waals surface area contributed by atoms with Crippen LogP contribution in [0.25, 0.3) is 66.9 Å². The zero-order chi connectivity index (χ0) is 80.5. The maximum absolute atomic E-state index is 13.4. The Morgan fingerprint density at radius 1 is 0.450 bits per heavy atom. The summed E-state index contributed by atoms with van der Waals surface area (Å²) in [5.41, 5.74) is 23.8. The number of nitrogens with zero attached hydrogens (tertiary/aromatic N) is 5. The average molecular weight is 1610 g/mol. The molecule has 12 rings (SSSR count). The summed E-state index contributed by atoms with van der Waals surface area (Å²) in [6, 6.07) is 63.3. The van der Waals surface area contributed by atoms with Gasteiger partial charge in [-0.25, -0.2) is 22.2 Å². The third-order valence-electron chi connectivity index (χ3n) is 17.6. The molecule has 0 saturated carbocycles.